The molecule has 0 fully saturated rings. The summed E-state index contributed by atoms with van der Waals surface area (Å²) >= 11 is 1.43. The molecule has 0 saturated heterocycles. The van der Waals surface area contributed by atoms with Gasteiger partial charge < -0.3 is 5.32 Å². The number of carbonyl (C=O) groups is 2. The molecule has 7 heteroatoms. The van der Waals surface area contributed by atoms with Gasteiger partial charge in [-0.1, -0.05) is 17.3 Å². The van der Waals surface area contributed by atoms with Crippen LogP contribution in [0.15, 0.2) is 66.2 Å². The first-order valence-corrected chi connectivity index (χ1v) is 9.45. The Hall–Kier alpha value is -3.58. The van der Waals surface area contributed by atoms with E-state index in [0.29, 0.717) is 16.1 Å². The second-order valence-corrected chi connectivity index (χ2v) is 7.19. The molecule has 2 aromatic heterocycles. The summed E-state index contributed by atoms with van der Waals surface area (Å²) in [5.41, 5.74) is 4.83. The Kier molecular flexibility index (Phi) is 4.82. The van der Waals surface area contributed by atoms with Gasteiger partial charge in [-0.3, -0.25) is 9.59 Å². The molecule has 0 saturated carbocycles. The van der Waals surface area contributed by atoms with E-state index in [1.165, 1.54) is 11.3 Å². The van der Waals surface area contributed by atoms with Crippen LogP contribution >= 0.6 is 11.3 Å². The van der Waals surface area contributed by atoms with Crippen molar-refractivity contribution in [3.63, 3.8) is 0 Å². The van der Waals surface area contributed by atoms with Crippen LogP contribution in [-0.2, 0) is 0 Å². The van der Waals surface area contributed by atoms with Crippen molar-refractivity contribution in [2.45, 2.75) is 6.92 Å². The molecule has 0 bridgehead atoms. The molecular weight excluding hydrogens is 372 g/mol. The number of hydrogen-bond donors (Lipinski definition) is 1. The van der Waals surface area contributed by atoms with E-state index >= 15 is 0 Å². The second kappa shape index (κ2) is 7.58. The van der Waals surface area contributed by atoms with Crippen molar-refractivity contribution in [2.24, 2.45) is 0 Å². The molecule has 0 aliphatic heterocycles. The minimum Gasteiger partial charge on any atom is -0.321 e. The second-order valence-electron chi connectivity index (χ2n) is 6.28. The summed E-state index contributed by atoms with van der Waals surface area (Å²) in [5.74, 6) is -0.115. The van der Waals surface area contributed by atoms with Gasteiger partial charge in [-0.2, -0.15) is 0 Å². The Balaban J connectivity index is 1.48. The van der Waals surface area contributed by atoms with Gasteiger partial charge in [0, 0.05) is 16.8 Å². The van der Waals surface area contributed by atoms with Crippen molar-refractivity contribution >= 4 is 29.2 Å². The molecule has 1 amide bonds. The molecule has 0 atom stereocenters. The third kappa shape index (κ3) is 3.74. The summed E-state index contributed by atoms with van der Waals surface area (Å²) in [6, 6.07) is 16.4. The lowest BCUT2D eigenvalue weighted by atomic mass is 10.1. The zero-order valence-electron chi connectivity index (χ0n) is 15.0. The van der Waals surface area contributed by atoms with E-state index in [1.54, 1.807) is 16.8 Å². The molecule has 138 valence electrons. The van der Waals surface area contributed by atoms with Crippen molar-refractivity contribution < 1.29 is 9.59 Å². The van der Waals surface area contributed by atoms with Crippen LogP contribution in [0, 0.1) is 6.92 Å². The van der Waals surface area contributed by atoms with Crippen LogP contribution in [0.5, 0.6) is 0 Å². The highest BCUT2D eigenvalue weighted by Gasteiger charge is 2.09. The monoisotopic (exact) mass is 388 g/mol. The van der Waals surface area contributed by atoms with Gasteiger partial charge in [0.05, 0.1) is 16.8 Å². The first kappa shape index (κ1) is 17.8. The highest BCUT2D eigenvalue weighted by molar-refractivity contribution is 7.12. The zero-order chi connectivity index (χ0) is 19.5. The van der Waals surface area contributed by atoms with Gasteiger partial charge in [0.1, 0.15) is 12.0 Å². The molecule has 1 N–H and O–H groups in total. The largest absolute Gasteiger partial charge is 0.321 e. The first-order chi connectivity index (χ1) is 13.6. The Morgan fingerprint density at radius 2 is 1.86 bits per heavy atom. The Labute approximate surface area is 165 Å². The number of hydrogen-bond acceptors (Lipinski definition) is 5. The molecule has 0 unspecified atom stereocenters. The van der Waals surface area contributed by atoms with Crippen molar-refractivity contribution in [2.75, 3.05) is 5.32 Å². The lowest BCUT2D eigenvalue weighted by Crippen LogP contribution is -2.09. The Morgan fingerprint density at radius 1 is 1.11 bits per heavy atom. The predicted octanol–water partition coefficient (Wildman–Crippen LogP) is 4.37. The minimum absolute atomic E-state index is 0.115. The fourth-order valence-electron chi connectivity index (χ4n) is 2.70. The molecule has 28 heavy (non-hydrogen) atoms. The summed E-state index contributed by atoms with van der Waals surface area (Å²) in [7, 11) is 0. The van der Waals surface area contributed by atoms with Crippen LogP contribution in [0.1, 0.15) is 25.6 Å². The highest BCUT2D eigenvalue weighted by Crippen LogP contribution is 2.21. The van der Waals surface area contributed by atoms with Gasteiger partial charge in [0.15, 0.2) is 0 Å². The number of nitrogens with zero attached hydrogens (tertiary/aromatic N) is 3. The summed E-state index contributed by atoms with van der Waals surface area (Å²) < 4.78 is 1.65. The standard InChI is InChI=1S/C21H16N4O2S/c1-14-10-20(28-13-14)21(27)22-17-6-4-16(5-7-17)19-11-25(24-23-19)18-8-2-15(12-26)3-9-18/h2-13H,1H3,(H,22,27). The maximum Gasteiger partial charge on any atom is 0.265 e. The summed E-state index contributed by atoms with van der Waals surface area (Å²) in [5, 5.41) is 13.2. The number of aromatic nitrogens is 3. The van der Waals surface area contributed by atoms with Gasteiger partial charge in [-0.05, 0) is 60.3 Å². The first-order valence-electron chi connectivity index (χ1n) is 8.57. The number of aryl methyl sites for hydroxylation is 1. The molecule has 0 aliphatic carbocycles. The predicted molar refractivity (Wildman–Crippen MR) is 109 cm³/mol. The molecule has 4 rings (SSSR count). The summed E-state index contributed by atoms with van der Waals surface area (Å²) in [4.78, 5) is 23.7. The molecular formula is C21H16N4O2S. The van der Waals surface area contributed by atoms with E-state index in [0.717, 1.165) is 28.8 Å². The maximum atomic E-state index is 12.2. The molecule has 0 radical (unpaired) electrons. The van der Waals surface area contributed by atoms with Crippen molar-refractivity contribution in [1.82, 2.24) is 15.0 Å². The average Bonchev–Trinajstić information content (AvgIpc) is 3.38. The molecule has 2 aromatic carbocycles. The van der Waals surface area contributed by atoms with Crippen molar-refractivity contribution in [1.29, 1.82) is 0 Å². The molecule has 6 nitrogen and oxygen atoms in total. The number of anilines is 1. The van der Waals surface area contributed by atoms with Crippen LogP contribution in [0.4, 0.5) is 5.69 Å². The number of rotatable bonds is 5. The Bertz CT molecular complexity index is 1130. The number of thiophene rings is 1. The van der Waals surface area contributed by atoms with Crippen LogP contribution in [0.3, 0.4) is 0 Å². The van der Waals surface area contributed by atoms with E-state index < -0.39 is 0 Å². The number of amides is 1. The van der Waals surface area contributed by atoms with Gasteiger partial charge in [-0.15, -0.1) is 16.4 Å². The summed E-state index contributed by atoms with van der Waals surface area (Å²) in [6.07, 6.45) is 2.62. The topological polar surface area (TPSA) is 76.9 Å². The van der Waals surface area contributed by atoms with E-state index in [4.69, 9.17) is 0 Å². The number of nitrogens with one attached hydrogen (secondary N) is 1. The minimum atomic E-state index is -0.115. The van der Waals surface area contributed by atoms with Gasteiger partial charge in [0.2, 0.25) is 0 Å². The lowest BCUT2D eigenvalue weighted by Gasteiger charge is -2.04. The van der Waals surface area contributed by atoms with Gasteiger partial charge in [0.25, 0.3) is 5.91 Å². The van der Waals surface area contributed by atoms with Gasteiger partial charge in [-0.25, -0.2) is 4.68 Å². The Morgan fingerprint density at radius 3 is 2.50 bits per heavy atom. The van der Waals surface area contributed by atoms with Crippen LogP contribution in [0.25, 0.3) is 16.9 Å². The van der Waals surface area contributed by atoms with E-state index in [2.05, 4.69) is 15.6 Å². The quantitative estimate of drug-likeness (QED) is 0.515. The van der Waals surface area contributed by atoms with Gasteiger partial charge >= 0.3 is 0 Å². The normalized spacial score (nSPS) is 10.6. The van der Waals surface area contributed by atoms with E-state index in [9.17, 15) is 9.59 Å². The third-order valence-electron chi connectivity index (χ3n) is 4.18. The van der Waals surface area contributed by atoms with Crippen LogP contribution in [0.2, 0.25) is 0 Å². The number of carbonyl (C=O) groups excluding carboxylic acids is 2. The SMILES string of the molecule is Cc1csc(C(=O)Nc2ccc(-c3cn(-c4ccc(C=O)cc4)nn3)cc2)c1. The summed E-state index contributed by atoms with van der Waals surface area (Å²) in [6.45, 7) is 1.96. The smallest absolute Gasteiger partial charge is 0.265 e. The molecule has 0 spiro atoms. The van der Waals surface area contributed by atoms with Crippen molar-refractivity contribution in [3.05, 3.63) is 82.2 Å². The van der Waals surface area contributed by atoms with Crippen molar-refractivity contribution in [3.8, 4) is 16.9 Å². The van der Waals surface area contributed by atoms with E-state index in [1.807, 2.05) is 61.0 Å². The lowest BCUT2D eigenvalue weighted by molar-refractivity contribution is 0.103. The van der Waals surface area contributed by atoms with Crippen LogP contribution < -0.4 is 5.32 Å². The maximum absolute atomic E-state index is 12.2. The van der Waals surface area contributed by atoms with E-state index in [-0.39, 0.29) is 5.91 Å². The molecule has 0 aliphatic rings. The fourth-order valence-corrected chi connectivity index (χ4v) is 3.49. The third-order valence-corrected chi connectivity index (χ3v) is 5.23. The number of benzene rings is 2. The fraction of sp³-hybridized carbons (Fsp3) is 0.0476. The molecule has 4 aromatic rings. The average molecular weight is 388 g/mol. The van der Waals surface area contributed by atoms with Crippen LogP contribution in [-0.4, -0.2) is 27.2 Å². The zero-order valence-corrected chi connectivity index (χ0v) is 15.8. The number of aldehydes is 1. The highest BCUT2D eigenvalue weighted by atomic mass is 32.1. The molecule has 2 heterocycles.